The fraction of sp³-hybridized carbons (Fsp3) is 0.615. The zero-order chi connectivity index (χ0) is 11.6. The predicted octanol–water partition coefficient (Wildman–Crippen LogP) is 3.08. The highest BCUT2D eigenvalue weighted by Gasteiger charge is 2.37. The summed E-state index contributed by atoms with van der Waals surface area (Å²) in [6.45, 7) is 7.34. The summed E-state index contributed by atoms with van der Waals surface area (Å²) in [6, 6.07) is 3.87. The molecule has 1 fully saturated rings. The van der Waals surface area contributed by atoms with E-state index in [4.69, 9.17) is 4.74 Å². The topological polar surface area (TPSA) is 34.1 Å². The second kappa shape index (κ2) is 4.32. The van der Waals surface area contributed by atoms with Crippen LogP contribution in [0.25, 0.3) is 0 Å². The third-order valence-corrected chi connectivity index (χ3v) is 2.92. The lowest BCUT2D eigenvalue weighted by Gasteiger charge is -2.16. The largest absolute Gasteiger partial charge is 0.487 e. The molecule has 1 heterocycles. The maximum atomic E-state index is 5.71. The number of rotatable bonds is 5. The third kappa shape index (κ3) is 2.87. The number of aromatic nitrogens is 1. The lowest BCUT2D eigenvalue weighted by Crippen LogP contribution is -2.15. The van der Waals surface area contributed by atoms with Crippen molar-refractivity contribution in [3.05, 3.63) is 18.3 Å². The number of hydrogen-bond donors (Lipinski definition) is 1. The van der Waals surface area contributed by atoms with Crippen molar-refractivity contribution < 1.29 is 4.74 Å². The summed E-state index contributed by atoms with van der Waals surface area (Å²) in [7, 11) is 0. The van der Waals surface area contributed by atoms with Crippen LogP contribution in [0.3, 0.4) is 0 Å². The number of nitrogens with zero attached hydrogens (tertiary/aromatic N) is 1. The van der Waals surface area contributed by atoms with Gasteiger partial charge in [0.2, 0.25) is 0 Å². The normalized spacial score (nSPS) is 17.2. The molecule has 1 aromatic heterocycles. The molecule has 0 aromatic carbocycles. The lowest BCUT2D eigenvalue weighted by atomic mass is 10.1. The maximum absolute atomic E-state index is 5.71. The zero-order valence-electron chi connectivity index (χ0n) is 10.3. The SMILES string of the molecule is CC(C)Oc1cccnc1NCC1(C)CC1. The summed E-state index contributed by atoms with van der Waals surface area (Å²) in [6.07, 6.45) is 4.60. The van der Waals surface area contributed by atoms with Gasteiger partial charge in [-0.1, -0.05) is 6.92 Å². The van der Waals surface area contributed by atoms with E-state index in [1.54, 1.807) is 6.20 Å². The average Bonchev–Trinajstić information content (AvgIpc) is 2.95. The molecular weight excluding hydrogens is 200 g/mol. The van der Waals surface area contributed by atoms with E-state index in [1.807, 2.05) is 26.0 Å². The van der Waals surface area contributed by atoms with Gasteiger partial charge in [-0.3, -0.25) is 0 Å². The van der Waals surface area contributed by atoms with Crippen LogP contribution in [0.15, 0.2) is 18.3 Å². The van der Waals surface area contributed by atoms with Gasteiger partial charge in [-0.15, -0.1) is 0 Å². The van der Waals surface area contributed by atoms with Crippen LogP contribution in [-0.4, -0.2) is 17.6 Å². The molecule has 0 bridgehead atoms. The quantitative estimate of drug-likeness (QED) is 0.828. The first-order chi connectivity index (χ1) is 7.59. The molecule has 0 saturated heterocycles. The molecule has 1 aromatic rings. The molecule has 1 saturated carbocycles. The number of pyridine rings is 1. The lowest BCUT2D eigenvalue weighted by molar-refractivity contribution is 0.243. The molecule has 0 spiro atoms. The van der Waals surface area contributed by atoms with Crippen LogP contribution >= 0.6 is 0 Å². The second-order valence-electron chi connectivity index (χ2n) is 5.18. The number of ether oxygens (including phenoxy) is 1. The molecule has 0 amide bonds. The van der Waals surface area contributed by atoms with Crippen LogP contribution in [0.2, 0.25) is 0 Å². The molecule has 0 aliphatic heterocycles. The first-order valence-electron chi connectivity index (χ1n) is 5.95. The Morgan fingerprint density at radius 2 is 2.25 bits per heavy atom. The molecule has 1 aliphatic carbocycles. The smallest absolute Gasteiger partial charge is 0.168 e. The molecule has 3 heteroatoms. The fourth-order valence-corrected chi connectivity index (χ4v) is 1.56. The van der Waals surface area contributed by atoms with Gasteiger partial charge in [0.05, 0.1) is 6.10 Å². The third-order valence-electron chi connectivity index (χ3n) is 2.92. The second-order valence-corrected chi connectivity index (χ2v) is 5.18. The van der Waals surface area contributed by atoms with E-state index in [1.165, 1.54) is 12.8 Å². The molecule has 1 aliphatic rings. The molecule has 16 heavy (non-hydrogen) atoms. The summed E-state index contributed by atoms with van der Waals surface area (Å²) in [4.78, 5) is 4.33. The Morgan fingerprint density at radius 3 is 2.88 bits per heavy atom. The van der Waals surface area contributed by atoms with Crippen LogP contribution in [0.1, 0.15) is 33.6 Å². The molecule has 0 radical (unpaired) electrons. The molecular formula is C13H20N2O. The summed E-state index contributed by atoms with van der Waals surface area (Å²) in [5.41, 5.74) is 0.479. The van der Waals surface area contributed by atoms with Crippen LogP contribution in [0.4, 0.5) is 5.82 Å². The minimum Gasteiger partial charge on any atom is -0.487 e. The van der Waals surface area contributed by atoms with Crippen LogP contribution in [0.5, 0.6) is 5.75 Å². The van der Waals surface area contributed by atoms with E-state index < -0.39 is 0 Å². The Morgan fingerprint density at radius 1 is 1.50 bits per heavy atom. The van der Waals surface area contributed by atoms with Crippen molar-refractivity contribution in [2.75, 3.05) is 11.9 Å². The van der Waals surface area contributed by atoms with Crippen molar-refractivity contribution >= 4 is 5.82 Å². The molecule has 3 nitrogen and oxygen atoms in total. The molecule has 0 atom stereocenters. The van der Waals surface area contributed by atoms with Gasteiger partial charge in [-0.2, -0.15) is 0 Å². The van der Waals surface area contributed by atoms with E-state index in [2.05, 4.69) is 17.2 Å². The van der Waals surface area contributed by atoms with Gasteiger partial charge >= 0.3 is 0 Å². The van der Waals surface area contributed by atoms with Gasteiger partial charge in [-0.05, 0) is 44.2 Å². The molecule has 1 N–H and O–H groups in total. The first-order valence-corrected chi connectivity index (χ1v) is 5.95. The van der Waals surface area contributed by atoms with Gasteiger partial charge in [0.15, 0.2) is 11.6 Å². The minimum absolute atomic E-state index is 0.182. The monoisotopic (exact) mass is 220 g/mol. The van der Waals surface area contributed by atoms with Crippen molar-refractivity contribution in [3.8, 4) is 5.75 Å². The van der Waals surface area contributed by atoms with Crippen LogP contribution in [-0.2, 0) is 0 Å². The van der Waals surface area contributed by atoms with Crippen molar-refractivity contribution in [1.82, 2.24) is 4.98 Å². The summed E-state index contributed by atoms with van der Waals surface area (Å²) < 4.78 is 5.71. The number of nitrogens with one attached hydrogen (secondary N) is 1. The Kier molecular flexibility index (Phi) is 3.03. The van der Waals surface area contributed by atoms with Crippen molar-refractivity contribution in [2.24, 2.45) is 5.41 Å². The molecule has 88 valence electrons. The van der Waals surface area contributed by atoms with Gasteiger partial charge in [0.25, 0.3) is 0 Å². The van der Waals surface area contributed by atoms with Crippen molar-refractivity contribution in [3.63, 3.8) is 0 Å². The molecule has 0 unspecified atom stereocenters. The van der Waals surface area contributed by atoms with Gasteiger partial charge in [-0.25, -0.2) is 4.98 Å². The van der Waals surface area contributed by atoms with Crippen LogP contribution < -0.4 is 10.1 Å². The van der Waals surface area contributed by atoms with Gasteiger partial charge < -0.3 is 10.1 Å². The van der Waals surface area contributed by atoms with Gasteiger partial charge in [0.1, 0.15) is 0 Å². The number of anilines is 1. The number of hydrogen-bond acceptors (Lipinski definition) is 3. The van der Waals surface area contributed by atoms with E-state index in [0.29, 0.717) is 5.41 Å². The van der Waals surface area contributed by atoms with Crippen LogP contribution in [0, 0.1) is 5.41 Å². The minimum atomic E-state index is 0.182. The summed E-state index contributed by atoms with van der Waals surface area (Å²) >= 11 is 0. The van der Waals surface area contributed by atoms with Crippen molar-refractivity contribution in [1.29, 1.82) is 0 Å². The van der Waals surface area contributed by atoms with E-state index >= 15 is 0 Å². The zero-order valence-corrected chi connectivity index (χ0v) is 10.3. The van der Waals surface area contributed by atoms with Gasteiger partial charge in [0, 0.05) is 12.7 Å². The van der Waals surface area contributed by atoms with Crippen molar-refractivity contribution in [2.45, 2.75) is 39.7 Å². The fourth-order valence-electron chi connectivity index (χ4n) is 1.56. The highest BCUT2D eigenvalue weighted by molar-refractivity contribution is 5.49. The van der Waals surface area contributed by atoms with E-state index in [9.17, 15) is 0 Å². The highest BCUT2D eigenvalue weighted by Crippen LogP contribution is 2.45. The maximum Gasteiger partial charge on any atom is 0.168 e. The summed E-state index contributed by atoms with van der Waals surface area (Å²) in [5.74, 6) is 1.71. The highest BCUT2D eigenvalue weighted by atomic mass is 16.5. The Labute approximate surface area is 97.2 Å². The molecule has 2 rings (SSSR count). The Hall–Kier alpha value is -1.25. The Bertz CT molecular complexity index is 359. The first kappa shape index (κ1) is 11.2. The predicted molar refractivity (Wildman–Crippen MR) is 65.8 cm³/mol. The standard InChI is InChI=1S/C13H20N2O/c1-10(2)16-11-5-4-8-14-12(11)15-9-13(3)6-7-13/h4-5,8,10H,6-7,9H2,1-3H3,(H,14,15). The van der Waals surface area contributed by atoms with E-state index in [-0.39, 0.29) is 6.10 Å². The average molecular weight is 220 g/mol. The Balaban J connectivity index is 2.01. The summed E-state index contributed by atoms with van der Waals surface area (Å²) in [5, 5.41) is 3.38. The van der Waals surface area contributed by atoms with E-state index in [0.717, 1.165) is 18.1 Å².